The Hall–Kier alpha value is -3.03. The zero-order chi connectivity index (χ0) is 20.5. The van der Waals surface area contributed by atoms with Gasteiger partial charge in [0.05, 0.1) is 18.4 Å². The maximum absolute atomic E-state index is 12.8. The molecule has 0 bridgehead atoms. The molecule has 1 unspecified atom stereocenters. The first-order chi connectivity index (χ1) is 13.2. The Morgan fingerprint density at radius 2 is 1.86 bits per heavy atom. The summed E-state index contributed by atoms with van der Waals surface area (Å²) in [6, 6.07) is 9.53. The van der Waals surface area contributed by atoms with Crippen molar-refractivity contribution in [3.8, 4) is 5.75 Å². The summed E-state index contributed by atoms with van der Waals surface area (Å²) >= 11 is 0. The van der Waals surface area contributed by atoms with Crippen molar-refractivity contribution in [3.05, 3.63) is 53.6 Å². The number of anilines is 2. The van der Waals surface area contributed by atoms with Gasteiger partial charge in [-0.1, -0.05) is 6.07 Å². The molecule has 5 nitrogen and oxygen atoms in total. The lowest BCUT2D eigenvalue weighted by Gasteiger charge is -2.20. The minimum atomic E-state index is -4.45. The smallest absolute Gasteiger partial charge is 0.416 e. The summed E-state index contributed by atoms with van der Waals surface area (Å²) in [6.45, 7) is 2.24. The van der Waals surface area contributed by atoms with E-state index in [1.165, 1.54) is 24.1 Å². The van der Waals surface area contributed by atoms with E-state index in [1.54, 1.807) is 6.07 Å². The molecule has 2 aromatic rings. The van der Waals surface area contributed by atoms with Crippen LogP contribution in [0.4, 0.5) is 24.5 Å². The number of alkyl halides is 3. The highest BCUT2D eigenvalue weighted by molar-refractivity contribution is 6.13. The van der Waals surface area contributed by atoms with Crippen LogP contribution in [-0.2, 0) is 15.8 Å². The van der Waals surface area contributed by atoms with Gasteiger partial charge in [0, 0.05) is 12.2 Å². The van der Waals surface area contributed by atoms with Crippen molar-refractivity contribution in [2.45, 2.75) is 19.5 Å². The SMILES string of the molecule is COc1ccc(C)cc1N1CCC(C(=O)Nc2ccc(C(F)(F)F)cc2)C1=O. The molecule has 1 N–H and O–H groups in total. The van der Waals surface area contributed by atoms with Crippen molar-refractivity contribution >= 4 is 23.2 Å². The number of carbonyl (C=O) groups excluding carboxylic acids is 2. The molecule has 148 valence electrons. The summed E-state index contributed by atoms with van der Waals surface area (Å²) in [5.74, 6) is -1.29. The van der Waals surface area contributed by atoms with E-state index in [0.717, 1.165) is 17.7 Å². The van der Waals surface area contributed by atoms with Crippen LogP contribution in [0.1, 0.15) is 17.5 Å². The van der Waals surface area contributed by atoms with Crippen molar-refractivity contribution < 1.29 is 27.5 Å². The maximum atomic E-state index is 12.8. The topological polar surface area (TPSA) is 58.6 Å². The summed E-state index contributed by atoms with van der Waals surface area (Å²) in [7, 11) is 1.50. The molecule has 28 heavy (non-hydrogen) atoms. The lowest BCUT2D eigenvalue weighted by Crippen LogP contribution is -2.33. The molecule has 8 heteroatoms. The third kappa shape index (κ3) is 3.95. The van der Waals surface area contributed by atoms with Crippen molar-refractivity contribution in [2.75, 3.05) is 23.9 Å². The van der Waals surface area contributed by atoms with Crippen molar-refractivity contribution in [1.82, 2.24) is 0 Å². The number of hydrogen-bond acceptors (Lipinski definition) is 3. The van der Waals surface area contributed by atoms with Crippen LogP contribution in [0.25, 0.3) is 0 Å². The number of nitrogens with zero attached hydrogens (tertiary/aromatic N) is 1. The number of carbonyl (C=O) groups is 2. The fourth-order valence-electron chi connectivity index (χ4n) is 3.15. The molecule has 2 aromatic carbocycles. The second-order valence-corrected chi connectivity index (χ2v) is 6.57. The first-order valence-corrected chi connectivity index (χ1v) is 8.65. The van der Waals surface area contributed by atoms with Gasteiger partial charge in [-0.15, -0.1) is 0 Å². The zero-order valence-electron chi connectivity index (χ0n) is 15.3. The molecule has 1 aliphatic rings. The highest BCUT2D eigenvalue weighted by Crippen LogP contribution is 2.34. The van der Waals surface area contributed by atoms with Gasteiger partial charge in [-0.3, -0.25) is 9.59 Å². The Balaban J connectivity index is 1.73. The standard InChI is InChI=1S/C20H19F3N2O3/c1-12-3-8-17(28-2)16(11-12)25-10-9-15(19(25)27)18(26)24-14-6-4-13(5-7-14)20(21,22)23/h3-8,11,15H,9-10H2,1-2H3,(H,24,26). The fraction of sp³-hybridized carbons (Fsp3) is 0.300. The number of aryl methyl sites for hydroxylation is 1. The molecule has 0 aliphatic carbocycles. The van der Waals surface area contributed by atoms with Gasteiger partial charge in [0.2, 0.25) is 11.8 Å². The molecule has 0 saturated carbocycles. The second-order valence-electron chi connectivity index (χ2n) is 6.57. The number of methoxy groups -OCH3 is 1. The Morgan fingerprint density at radius 1 is 1.18 bits per heavy atom. The van der Waals surface area contributed by atoms with Crippen LogP contribution in [-0.4, -0.2) is 25.5 Å². The molecule has 2 amide bonds. The summed E-state index contributed by atoms with van der Waals surface area (Å²) in [5.41, 5.74) is 0.941. The lowest BCUT2D eigenvalue weighted by molar-refractivity contribution is -0.137. The van der Waals surface area contributed by atoms with E-state index in [0.29, 0.717) is 24.4 Å². The highest BCUT2D eigenvalue weighted by Gasteiger charge is 2.38. The van der Waals surface area contributed by atoms with E-state index in [-0.39, 0.29) is 11.6 Å². The molecular weight excluding hydrogens is 373 g/mol. The van der Waals surface area contributed by atoms with Crippen molar-refractivity contribution in [3.63, 3.8) is 0 Å². The average Bonchev–Trinajstić information content (AvgIpc) is 3.02. The van der Waals surface area contributed by atoms with Crippen molar-refractivity contribution in [1.29, 1.82) is 0 Å². The molecule has 1 fully saturated rings. The molecular formula is C20H19F3N2O3. The second kappa shape index (κ2) is 7.53. The van der Waals surface area contributed by atoms with Crippen LogP contribution >= 0.6 is 0 Å². The van der Waals surface area contributed by atoms with Gasteiger partial charge >= 0.3 is 6.18 Å². The normalized spacial score (nSPS) is 17.0. The van der Waals surface area contributed by atoms with Gasteiger partial charge in [0.25, 0.3) is 0 Å². The van der Waals surface area contributed by atoms with E-state index in [2.05, 4.69) is 5.32 Å². The van der Waals surface area contributed by atoms with Crippen LogP contribution in [0.2, 0.25) is 0 Å². The Bertz CT molecular complexity index is 895. The number of nitrogens with one attached hydrogen (secondary N) is 1. The van der Waals surface area contributed by atoms with Crippen LogP contribution in [0.15, 0.2) is 42.5 Å². The number of hydrogen-bond donors (Lipinski definition) is 1. The number of rotatable bonds is 4. The fourth-order valence-corrected chi connectivity index (χ4v) is 3.15. The average molecular weight is 392 g/mol. The molecule has 3 rings (SSSR count). The summed E-state index contributed by atoms with van der Waals surface area (Å²) in [4.78, 5) is 26.8. The first-order valence-electron chi connectivity index (χ1n) is 8.65. The Kier molecular flexibility index (Phi) is 5.31. The predicted molar refractivity (Wildman–Crippen MR) is 98.3 cm³/mol. The molecule has 0 aromatic heterocycles. The monoisotopic (exact) mass is 392 g/mol. The van der Waals surface area contributed by atoms with E-state index >= 15 is 0 Å². The summed E-state index contributed by atoms with van der Waals surface area (Å²) < 4.78 is 43.2. The molecule has 0 spiro atoms. The number of ether oxygens (including phenoxy) is 1. The Morgan fingerprint density at radius 3 is 2.46 bits per heavy atom. The highest BCUT2D eigenvalue weighted by atomic mass is 19.4. The third-order valence-corrected chi connectivity index (χ3v) is 4.63. The number of halogens is 3. The van der Waals surface area contributed by atoms with Gasteiger partial charge in [-0.2, -0.15) is 13.2 Å². The van der Waals surface area contributed by atoms with Gasteiger partial charge in [0.15, 0.2) is 0 Å². The molecule has 1 saturated heterocycles. The molecule has 1 atom stereocenters. The van der Waals surface area contributed by atoms with Gasteiger partial charge in [0.1, 0.15) is 11.7 Å². The first kappa shape index (κ1) is 19.7. The molecule has 1 heterocycles. The minimum Gasteiger partial charge on any atom is -0.495 e. The summed E-state index contributed by atoms with van der Waals surface area (Å²) in [6.07, 6.45) is -4.14. The maximum Gasteiger partial charge on any atom is 0.416 e. The van der Waals surface area contributed by atoms with E-state index < -0.39 is 23.6 Å². The van der Waals surface area contributed by atoms with Gasteiger partial charge < -0.3 is 15.0 Å². The van der Waals surface area contributed by atoms with E-state index in [1.807, 2.05) is 19.1 Å². The number of benzene rings is 2. The Labute approximate surface area is 160 Å². The summed E-state index contributed by atoms with van der Waals surface area (Å²) in [5, 5.41) is 2.52. The minimum absolute atomic E-state index is 0.206. The zero-order valence-corrected chi connectivity index (χ0v) is 15.3. The van der Waals surface area contributed by atoms with Crippen LogP contribution in [0.5, 0.6) is 5.75 Å². The molecule has 0 radical (unpaired) electrons. The lowest BCUT2D eigenvalue weighted by atomic mass is 10.1. The van der Waals surface area contributed by atoms with Crippen LogP contribution < -0.4 is 15.0 Å². The van der Waals surface area contributed by atoms with Gasteiger partial charge in [-0.25, -0.2) is 0 Å². The van der Waals surface area contributed by atoms with Crippen molar-refractivity contribution in [2.24, 2.45) is 5.92 Å². The van der Waals surface area contributed by atoms with E-state index in [9.17, 15) is 22.8 Å². The quantitative estimate of drug-likeness (QED) is 0.800. The predicted octanol–water partition coefficient (Wildman–Crippen LogP) is 4.01. The third-order valence-electron chi connectivity index (χ3n) is 4.63. The van der Waals surface area contributed by atoms with Crippen LogP contribution in [0.3, 0.4) is 0 Å². The largest absolute Gasteiger partial charge is 0.495 e. The number of amides is 2. The molecule has 1 aliphatic heterocycles. The van der Waals surface area contributed by atoms with E-state index in [4.69, 9.17) is 4.74 Å². The van der Waals surface area contributed by atoms with Crippen LogP contribution in [0, 0.1) is 12.8 Å². The van der Waals surface area contributed by atoms with Gasteiger partial charge in [-0.05, 0) is 55.3 Å².